The Morgan fingerprint density at radius 1 is 1.17 bits per heavy atom. The van der Waals surface area contributed by atoms with Crippen LogP contribution in [0.4, 0.5) is 5.69 Å². The van der Waals surface area contributed by atoms with E-state index in [2.05, 4.69) is 38.3 Å². The van der Waals surface area contributed by atoms with Gasteiger partial charge in [-0.1, -0.05) is 29.8 Å². The van der Waals surface area contributed by atoms with Gasteiger partial charge in [0.05, 0.1) is 43.3 Å². The van der Waals surface area contributed by atoms with E-state index in [0.717, 1.165) is 55.9 Å². The Hall–Kier alpha value is -2.92. The standard InChI is InChI=1S/C35H42ClN3O6S/c1-43-31-7-3-2-4-15-46(42,38-34(41)26-19-44-20-26)37-33(40)24-9-13-32-30(17-24)39(18-25-8-11-28(25)31)21-35(22-45-32)14-5-6-23-16-27(36)10-12-29(23)35/h3,7,9-10,12-13,16-17,25-26,28,31H,2,4-6,8,11,14-15,18-22H2,1H3,(H,37,38,40,41,42)/b7-3+/t25-,28+,31-,35-,46?/m0/s1. The third-order valence-corrected chi connectivity index (χ3v) is 12.6. The number of allylic oxidation sites excluding steroid dienone is 1. The van der Waals surface area contributed by atoms with E-state index >= 15 is 0 Å². The summed E-state index contributed by atoms with van der Waals surface area (Å²) >= 11 is 6.43. The number of nitrogens with one attached hydrogen (secondary N) is 1. The van der Waals surface area contributed by atoms with Gasteiger partial charge in [0, 0.05) is 36.2 Å². The minimum atomic E-state index is -3.36. The number of hydrogen-bond acceptors (Lipinski definition) is 7. The first-order chi connectivity index (χ1) is 22.3. The topological polar surface area (TPSA) is 107 Å². The molecule has 9 nitrogen and oxygen atoms in total. The van der Waals surface area contributed by atoms with Crippen molar-refractivity contribution >= 4 is 39.0 Å². The Bertz CT molecular complexity index is 1670. The van der Waals surface area contributed by atoms with E-state index in [4.69, 9.17) is 25.8 Å². The number of ether oxygens (including phenoxy) is 3. The molecule has 246 valence electrons. The molecule has 2 aromatic carbocycles. The highest BCUT2D eigenvalue weighted by molar-refractivity contribution is 7.92. The summed E-state index contributed by atoms with van der Waals surface area (Å²) in [4.78, 5) is 28.9. The molecular formula is C35H42ClN3O6S. The van der Waals surface area contributed by atoms with Crippen LogP contribution in [0.25, 0.3) is 0 Å². The largest absolute Gasteiger partial charge is 0.490 e. The fourth-order valence-electron chi connectivity index (χ4n) is 7.74. The third kappa shape index (κ3) is 6.21. The van der Waals surface area contributed by atoms with Crippen LogP contribution < -0.4 is 14.4 Å². The van der Waals surface area contributed by atoms with Crippen LogP contribution in [0.5, 0.6) is 5.75 Å². The molecule has 5 aliphatic rings. The number of benzene rings is 2. The summed E-state index contributed by atoms with van der Waals surface area (Å²) in [5.41, 5.74) is 3.47. The van der Waals surface area contributed by atoms with Gasteiger partial charge in [-0.15, -0.1) is 4.36 Å². The summed E-state index contributed by atoms with van der Waals surface area (Å²) in [5.74, 6) is 0.169. The van der Waals surface area contributed by atoms with Crippen LogP contribution in [-0.4, -0.2) is 67.9 Å². The van der Waals surface area contributed by atoms with Crippen LogP contribution in [0.3, 0.4) is 0 Å². The number of fused-ring (bicyclic) bond motifs is 4. The molecule has 2 bridgehead atoms. The number of rotatable bonds is 3. The van der Waals surface area contributed by atoms with E-state index in [1.54, 1.807) is 13.2 Å². The Morgan fingerprint density at radius 2 is 2.04 bits per heavy atom. The highest BCUT2D eigenvalue weighted by Gasteiger charge is 2.44. The van der Waals surface area contributed by atoms with Crippen molar-refractivity contribution in [2.24, 2.45) is 22.1 Å². The predicted octanol–water partition coefficient (Wildman–Crippen LogP) is 5.49. The number of carbonyl (C=O) groups excluding carboxylic acids is 2. The maximum Gasteiger partial charge on any atom is 0.286 e. The van der Waals surface area contributed by atoms with Crippen molar-refractivity contribution in [2.75, 3.05) is 50.7 Å². The highest BCUT2D eigenvalue weighted by atomic mass is 35.5. The van der Waals surface area contributed by atoms with Crippen molar-refractivity contribution < 1.29 is 28.0 Å². The van der Waals surface area contributed by atoms with Crippen LogP contribution in [0, 0.1) is 17.8 Å². The summed E-state index contributed by atoms with van der Waals surface area (Å²) in [6.45, 7) is 2.60. The van der Waals surface area contributed by atoms with E-state index < -0.39 is 21.7 Å². The molecule has 3 heterocycles. The second-order valence-corrected chi connectivity index (χ2v) is 16.0. The summed E-state index contributed by atoms with van der Waals surface area (Å²) in [6, 6.07) is 11.6. The number of hydrogen-bond donors (Lipinski definition) is 1. The molecule has 0 radical (unpaired) electrons. The lowest BCUT2D eigenvalue weighted by molar-refractivity contribution is -0.136. The number of carbonyl (C=O) groups is 2. The molecule has 1 N–H and O–H groups in total. The molecular weight excluding hydrogens is 626 g/mol. The SMILES string of the molecule is CO[C@H]1/C=C/CCCS(=O)(NC(=O)C2COC2)=NC(=O)c2ccc3c(c2)N(C[C@@H]2CC[C@H]21)C[C@@]1(CCCc2cc(Cl)ccc21)CO3. The number of nitrogens with zero attached hydrogens (tertiary/aromatic N) is 2. The van der Waals surface area contributed by atoms with Crippen molar-refractivity contribution in [3.05, 3.63) is 70.3 Å². The smallest absolute Gasteiger partial charge is 0.286 e. The van der Waals surface area contributed by atoms with Crippen molar-refractivity contribution in [2.45, 2.75) is 56.5 Å². The van der Waals surface area contributed by atoms with Gasteiger partial charge in [0.2, 0.25) is 5.91 Å². The maximum atomic E-state index is 14.0. The third-order valence-electron chi connectivity index (χ3n) is 10.5. The summed E-state index contributed by atoms with van der Waals surface area (Å²) in [5, 5.41) is 0.746. The lowest BCUT2D eigenvalue weighted by Gasteiger charge is -2.46. The zero-order valence-electron chi connectivity index (χ0n) is 26.3. The molecule has 0 aromatic heterocycles. The van der Waals surface area contributed by atoms with Gasteiger partial charge < -0.3 is 19.1 Å². The number of methoxy groups -OCH3 is 1. The van der Waals surface area contributed by atoms with Crippen molar-refractivity contribution in [3.8, 4) is 5.75 Å². The van der Waals surface area contributed by atoms with Crippen LogP contribution in [0.15, 0.2) is 52.9 Å². The molecule has 2 aliphatic carbocycles. The van der Waals surface area contributed by atoms with Crippen LogP contribution >= 0.6 is 11.6 Å². The van der Waals surface area contributed by atoms with Gasteiger partial charge in [-0.2, -0.15) is 0 Å². The quantitative estimate of drug-likeness (QED) is 0.432. The number of aryl methyl sites for hydroxylation is 1. The van der Waals surface area contributed by atoms with Crippen molar-refractivity contribution in [1.29, 1.82) is 0 Å². The van der Waals surface area contributed by atoms with Crippen LogP contribution in [0.2, 0.25) is 5.02 Å². The normalized spacial score (nSPS) is 32.0. The molecule has 7 rings (SSSR count). The molecule has 2 amide bonds. The molecule has 3 aliphatic heterocycles. The van der Waals surface area contributed by atoms with Gasteiger partial charge >= 0.3 is 0 Å². The number of amides is 2. The molecule has 5 atom stereocenters. The van der Waals surface area contributed by atoms with Crippen molar-refractivity contribution in [3.63, 3.8) is 0 Å². The monoisotopic (exact) mass is 667 g/mol. The summed E-state index contributed by atoms with van der Waals surface area (Å²) in [6.07, 6.45) is 10.5. The lowest BCUT2D eigenvalue weighted by Crippen LogP contribution is -2.49. The molecule has 1 saturated heterocycles. The number of anilines is 1. The molecule has 11 heteroatoms. The molecule has 46 heavy (non-hydrogen) atoms. The molecule has 2 aromatic rings. The van der Waals surface area contributed by atoms with Gasteiger partial charge in [0.25, 0.3) is 5.91 Å². The van der Waals surface area contributed by atoms with E-state index in [1.807, 2.05) is 18.2 Å². The summed E-state index contributed by atoms with van der Waals surface area (Å²) in [7, 11) is -1.60. The first kappa shape index (κ1) is 31.7. The summed E-state index contributed by atoms with van der Waals surface area (Å²) < 4.78 is 38.6. The molecule has 1 saturated carbocycles. The van der Waals surface area contributed by atoms with Gasteiger partial charge in [0.15, 0.2) is 0 Å². The average molecular weight is 668 g/mol. The van der Waals surface area contributed by atoms with Gasteiger partial charge in [-0.25, -0.2) is 4.21 Å². The molecule has 1 spiro atoms. The fraction of sp³-hybridized carbons (Fsp3) is 0.543. The minimum absolute atomic E-state index is 0.0267. The van der Waals surface area contributed by atoms with Crippen LogP contribution in [0.1, 0.15) is 60.0 Å². The first-order valence-corrected chi connectivity index (χ1v) is 18.5. The van der Waals surface area contributed by atoms with Crippen LogP contribution in [-0.2, 0) is 36.0 Å². The second-order valence-electron chi connectivity index (χ2n) is 13.5. The Morgan fingerprint density at radius 3 is 2.80 bits per heavy atom. The minimum Gasteiger partial charge on any atom is -0.490 e. The second kappa shape index (κ2) is 12.9. The fourth-order valence-corrected chi connectivity index (χ4v) is 9.59. The van der Waals surface area contributed by atoms with Crippen molar-refractivity contribution in [1.82, 2.24) is 4.72 Å². The Kier molecular flexibility index (Phi) is 8.91. The lowest BCUT2D eigenvalue weighted by atomic mass is 9.68. The van der Waals surface area contributed by atoms with E-state index in [-0.39, 0.29) is 36.4 Å². The zero-order chi connectivity index (χ0) is 31.9. The highest BCUT2D eigenvalue weighted by Crippen LogP contribution is 2.47. The van der Waals surface area contributed by atoms with E-state index in [0.29, 0.717) is 42.6 Å². The number of halogens is 1. The molecule has 2 fully saturated rings. The Labute approximate surface area is 276 Å². The molecule has 1 unspecified atom stereocenters. The van der Waals surface area contributed by atoms with E-state index in [9.17, 15) is 13.8 Å². The van der Waals surface area contributed by atoms with E-state index in [1.165, 1.54) is 11.1 Å². The van der Waals surface area contributed by atoms with Gasteiger partial charge in [0.1, 0.15) is 15.7 Å². The average Bonchev–Trinajstić information content (AvgIpc) is 3.13. The predicted molar refractivity (Wildman–Crippen MR) is 178 cm³/mol. The van der Waals surface area contributed by atoms with Gasteiger partial charge in [-0.05, 0) is 98.2 Å². The first-order valence-electron chi connectivity index (χ1n) is 16.4. The van der Waals surface area contributed by atoms with Gasteiger partial charge in [-0.3, -0.25) is 14.3 Å². The maximum absolute atomic E-state index is 14.0. The Balaban J connectivity index is 1.29. The zero-order valence-corrected chi connectivity index (χ0v) is 27.8.